The summed E-state index contributed by atoms with van der Waals surface area (Å²) in [6, 6.07) is 6.47. The lowest BCUT2D eigenvalue weighted by Gasteiger charge is -2.19. The van der Waals surface area contributed by atoms with Crippen LogP contribution in [0, 0.1) is 18.7 Å². The van der Waals surface area contributed by atoms with E-state index in [-0.39, 0.29) is 11.7 Å². The summed E-state index contributed by atoms with van der Waals surface area (Å²) >= 11 is 1.58. The molecule has 1 amide bonds. The van der Waals surface area contributed by atoms with Crippen molar-refractivity contribution in [2.45, 2.75) is 39.5 Å². The van der Waals surface area contributed by atoms with E-state index in [2.05, 4.69) is 12.2 Å². The summed E-state index contributed by atoms with van der Waals surface area (Å²) in [5.74, 6) is 0.266. The molecule has 22 heavy (non-hydrogen) atoms. The van der Waals surface area contributed by atoms with Crippen molar-refractivity contribution in [2.75, 3.05) is 5.32 Å². The fraction of sp³-hybridized carbons (Fsp3) is 0.389. The number of halogens is 1. The predicted molar refractivity (Wildman–Crippen MR) is 89.2 cm³/mol. The summed E-state index contributed by atoms with van der Waals surface area (Å²) in [6.07, 6.45) is 4.56. The van der Waals surface area contributed by atoms with Gasteiger partial charge in [0, 0.05) is 10.6 Å². The Labute approximate surface area is 134 Å². The number of benzene rings is 1. The van der Waals surface area contributed by atoms with Gasteiger partial charge in [0.2, 0.25) is 0 Å². The Morgan fingerprint density at radius 3 is 3.00 bits per heavy atom. The molecule has 1 atom stereocenters. The summed E-state index contributed by atoms with van der Waals surface area (Å²) in [4.78, 5) is 14.5. The van der Waals surface area contributed by atoms with Crippen molar-refractivity contribution < 1.29 is 9.18 Å². The number of carbonyl (C=O) groups excluding carboxylic acids is 1. The van der Waals surface area contributed by atoms with Gasteiger partial charge in [-0.25, -0.2) is 4.39 Å². The van der Waals surface area contributed by atoms with Gasteiger partial charge in [-0.3, -0.25) is 4.79 Å². The maximum atomic E-state index is 13.3. The van der Waals surface area contributed by atoms with Crippen LogP contribution in [0.25, 0.3) is 0 Å². The van der Waals surface area contributed by atoms with Crippen molar-refractivity contribution in [2.24, 2.45) is 5.92 Å². The van der Waals surface area contributed by atoms with Crippen LogP contribution in [0.4, 0.5) is 10.1 Å². The molecule has 2 nitrogen and oxygen atoms in total. The predicted octanol–water partition coefficient (Wildman–Crippen LogP) is 4.96. The van der Waals surface area contributed by atoms with Gasteiger partial charge < -0.3 is 5.32 Å². The van der Waals surface area contributed by atoms with Crippen molar-refractivity contribution in [1.29, 1.82) is 0 Å². The van der Waals surface area contributed by atoms with Crippen LogP contribution in [-0.4, -0.2) is 5.91 Å². The van der Waals surface area contributed by atoms with Crippen LogP contribution in [0.3, 0.4) is 0 Å². The molecule has 4 heteroatoms. The zero-order valence-corrected chi connectivity index (χ0v) is 13.7. The smallest absolute Gasteiger partial charge is 0.265 e. The Hall–Kier alpha value is -1.68. The minimum atomic E-state index is -0.336. The van der Waals surface area contributed by atoms with Crippen molar-refractivity contribution in [1.82, 2.24) is 0 Å². The molecule has 0 radical (unpaired) electrons. The van der Waals surface area contributed by atoms with Gasteiger partial charge >= 0.3 is 0 Å². The normalized spacial score (nSPS) is 17.1. The largest absolute Gasteiger partial charge is 0.321 e. The molecule has 0 saturated heterocycles. The number of amides is 1. The second-order valence-electron chi connectivity index (χ2n) is 5.99. The Kier molecular flexibility index (Phi) is 4.30. The van der Waals surface area contributed by atoms with Crippen molar-refractivity contribution in [3.8, 4) is 0 Å². The number of aryl methyl sites for hydroxylation is 2. The molecule has 1 N–H and O–H groups in total. The molecule has 1 unspecified atom stereocenters. The molecule has 0 spiro atoms. The van der Waals surface area contributed by atoms with Gasteiger partial charge in [-0.05, 0) is 61.4 Å². The van der Waals surface area contributed by atoms with Crippen LogP contribution in [0.1, 0.15) is 45.4 Å². The molecule has 1 heterocycles. The number of carbonyl (C=O) groups is 1. The first kappa shape index (κ1) is 15.2. The maximum Gasteiger partial charge on any atom is 0.265 e. The second-order valence-corrected chi connectivity index (χ2v) is 7.13. The fourth-order valence-electron chi connectivity index (χ4n) is 2.97. The zero-order valence-electron chi connectivity index (χ0n) is 12.9. The lowest BCUT2D eigenvalue weighted by atomic mass is 9.87. The molecular weight excluding hydrogens is 297 g/mol. The molecule has 1 aromatic heterocycles. The second kappa shape index (κ2) is 6.21. The number of anilines is 1. The number of rotatable bonds is 3. The number of fused-ring (bicyclic) bond motifs is 1. The van der Waals surface area contributed by atoms with Crippen LogP contribution < -0.4 is 5.32 Å². The van der Waals surface area contributed by atoms with Gasteiger partial charge in [0.1, 0.15) is 5.82 Å². The standard InChI is InChI=1S/C18H20FNOS/c1-3-12-5-7-16-13(8-12)9-17(22-16)18(21)20-15-10-14(19)6-4-11(15)2/h4,6,9-10,12H,3,5,7-8H2,1-2H3,(H,20,21). The highest BCUT2D eigenvalue weighted by Gasteiger charge is 2.22. The fourth-order valence-corrected chi connectivity index (χ4v) is 4.08. The van der Waals surface area contributed by atoms with Gasteiger partial charge in [0.25, 0.3) is 5.91 Å². The van der Waals surface area contributed by atoms with Crippen LogP contribution in [-0.2, 0) is 12.8 Å². The van der Waals surface area contributed by atoms with E-state index in [4.69, 9.17) is 0 Å². The molecule has 3 rings (SSSR count). The summed E-state index contributed by atoms with van der Waals surface area (Å²) in [6.45, 7) is 4.09. The highest BCUT2D eigenvalue weighted by atomic mass is 32.1. The lowest BCUT2D eigenvalue weighted by molar-refractivity contribution is 0.103. The van der Waals surface area contributed by atoms with E-state index in [1.807, 2.05) is 13.0 Å². The molecule has 116 valence electrons. The van der Waals surface area contributed by atoms with E-state index in [0.29, 0.717) is 5.69 Å². The van der Waals surface area contributed by atoms with Gasteiger partial charge in [0.05, 0.1) is 4.88 Å². The van der Waals surface area contributed by atoms with Crippen LogP contribution in [0.2, 0.25) is 0 Å². The van der Waals surface area contributed by atoms with E-state index in [0.717, 1.165) is 29.2 Å². The topological polar surface area (TPSA) is 29.1 Å². The van der Waals surface area contributed by atoms with Crippen molar-refractivity contribution in [3.63, 3.8) is 0 Å². The van der Waals surface area contributed by atoms with E-state index in [9.17, 15) is 9.18 Å². The minimum Gasteiger partial charge on any atom is -0.321 e. The van der Waals surface area contributed by atoms with Crippen LogP contribution in [0.5, 0.6) is 0 Å². The number of hydrogen-bond donors (Lipinski definition) is 1. The molecule has 0 fully saturated rings. The molecule has 0 aliphatic heterocycles. The average molecular weight is 317 g/mol. The molecule has 2 aromatic rings. The first-order valence-corrected chi connectivity index (χ1v) is 8.57. The van der Waals surface area contributed by atoms with Crippen molar-refractivity contribution >= 4 is 22.9 Å². The zero-order chi connectivity index (χ0) is 15.7. The van der Waals surface area contributed by atoms with Gasteiger partial charge in [0.15, 0.2) is 0 Å². The number of nitrogens with one attached hydrogen (secondary N) is 1. The highest BCUT2D eigenvalue weighted by Crippen LogP contribution is 2.34. The Balaban J connectivity index is 1.79. The van der Waals surface area contributed by atoms with Gasteiger partial charge in [-0.2, -0.15) is 0 Å². The van der Waals surface area contributed by atoms with Crippen LogP contribution >= 0.6 is 11.3 Å². The minimum absolute atomic E-state index is 0.138. The number of hydrogen-bond acceptors (Lipinski definition) is 2. The molecule has 1 aromatic carbocycles. The summed E-state index contributed by atoms with van der Waals surface area (Å²) < 4.78 is 13.3. The average Bonchev–Trinajstić information content (AvgIpc) is 2.94. The Morgan fingerprint density at radius 1 is 1.41 bits per heavy atom. The lowest BCUT2D eigenvalue weighted by Crippen LogP contribution is -2.11. The molecule has 1 aliphatic carbocycles. The third-order valence-corrected chi connectivity index (χ3v) is 5.67. The SMILES string of the molecule is CCC1CCc2sc(C(=O)Nc3cc(F)ccc3C)cc2C1. The summed E-state index contributed by atoms with van der Waals surface area (Å²) in [5, 5.41) is 2.83. The van der Waals surface area contributed by atoms with Crippen molar-refractivity contribution in [3.05, 3.63) is 51.0 Å². The summed E-state index contributed by atoms with van der Waals surface area (Å²) in [7, 11) is 0. The summed E-state index contributed by atoms with van der Waals surface area (Å²) in [5.41, 5.74) is 2.73. The Bertz CT molecular complexity index is 707. The molecule has 0 bridgehead atoms. The molecule has 1 aliphatic rings. The van der Waals surface area contributed by atoms with Gasteiger partial charge in [-0.15, -0.1) is 11.3 Å². The van der Waals surface area contributed by atoms with Crippen LogP contribution in [0.15, 0.2) is 24.3 Å². The van der Waals surface area contributed by atoms with Gasteiger partial charge in [-0.1, -0.05) is 19.4 Å². The van der Waals surface area contributed by atoms with E-state index in [1.54, 1.807) is 17.4 Å². The first-order valence-electron chi connectivity index (χ1n) is 7.76. The Morgan fingerprint density at radius 2 is 2.23 bits per heavy atom. The highest BCUT2D eigenvalue weighted by molar-refractivity contribution is 7.14. The maximum absolute atomic E-state index is 13.3. The van der Waals surface area contributed by atoms with E-state index in [1.165, 1.54) is 35.4 Å². The third-order valence-electron chi connectivity index (χ3n) is 4.43. The van der Waals surface area contributed by atoms with E-state index < -0.39 is 0 Å². The third kappa shape index (κ3) is 3.07. The molecule has 0 saturated carbocycles. The van der Waals surface area contributed by atoms with E-state index >= 15 is 0 Å². The number of thiophene rings is 1. The first-order chi connectivity index (χ1) is 10.6. The molecular formula is C18H20FNOS. The monoisotopic (exact) mass is 317 g/mol. The quantitative estimate of drug-likeness (QED) is 0.851.